The molecule has 2 heterocycles. The molecular formula is C14H26N2O3. The van der Waals surface area contributed by atoms with E-state index in [-0.39, 0.29) is 6.09 Å². The third-order valence-electron chi connectivity index (χ3n) is 3.98. The number of carbonyl (C=O) groups is 1. The zero-order valence-corrected chi connectivity index (χ0v) is 12.1. The van der Waals surface area contributed by atoms with E-state index >= 15 is 0 Å². The van der Waals surface area contributed by atoms with Crippen LogP contribution < -0.4 is 5.32 Å². The maximum Gasteiger partial charge on any atom is 0.409 e. The third-order valence-corrected chi connectivity index (χ3v) is 3.98. The van der Waals surface area contributed by atoms with Crippen molar-refractivity contribution >= 4 is 6.09 Å². The molecule has 2 aliphatic rings. The molecule has 0 saturated carbocycles. The average Bonchev–Trinajstić information content (AvgIpc) is 2.83. The quantitative estimate of drug-likeness (QED) is 0.846. The molecule has 5 heteroatoms. The van der Waals surface area contributed by atoms with Gasteiger partial charge in [-0.15, -0.1) is 0 Å². The van der Waals surface area contributed by atoms with E-state index in [1.54, 1.807) is 4.90 Å². The van der Waals surface area contributed by atoms with Gasteiger partial charge in [0.2, 0.25) is 0 Å². The van der Waals surface area contributed by atoms with Gasteiger partial charge in [0.25, 0.3) is 0 Å². The van der Waals surface area contributed by atoms with Crippen LogP contribution in [0.1, 0.15) is 39.5 Å². The number of carbonyl (C=O) groups excluding carboxylic acids is 1. The SMILES string of the molecule is CCOC(=O)N1CCC(NCC2CCC(C)O2)CC1. The van der Waals surface area contributed by atoms with E-state index in [2.05, 4.69) is 12.2 Å². The number of amides is 1. The summed E-state index contributed by atoms with van der Waals surface area (Å²) in [6, 6.07) is 0.505. The van der Waals surface area contributed by atoms with Crippen LogP contribution in [0.2, 0.25) is 0 Å². The van der Waals surface area contributed by atoms with E-state index in [4.69, 9.17) is 9.47 Å². The Kier molecular flexibility index (Phi) is 5.45. The highest BCUT2D eigenvalue weighted by Gasteiger charge is 2.26. The van der Waals surface area contributed by atoms with E-state index in [1.165, 1.54) is 6.42 Å². The maximum atomic E-state index is 11.6. The van der Waals surface area contributed by atoms with E-state index < -0.39 is 0 Å². The fourth-order valence-corrected chi connectivity index (χ4v) is 2.81. The van der Waals surface area contributed by atoms with Crippen molar-refractivity contribution in [1.82, 2.24) is 10.2 Å². The van der Waals surface area contributed by atoms with Crippen LogP contribution in [0.4, 0.5) is 4.79 Å². The highest BCUT2D eigenvalue weighted by Crippen LogP contribution is 2.19. The lowest BCUT2D eigenvalue weighted by atomic mass is 10.1. The van der Waals surface area contributed by atoms with Gasteiger partial charge in [-0.05, 0) is 39.5 Å². The minimum absolute atomic E-state index is 0.172. The summed E-state index contributed by atoms with van der Waals surface area (Å²) in [5.74, 6) is 0. The second-order valence-electron chi connectivity index (χ2n) is 5.51. The van der Waals surface area contributed by atoms with Crippen molar-refractivity contribution in [3.63, 3.8) is 0 Å². The first-order chi connectivity index (χ1) is 9.19. The lowest BCUT2D eigenvalue weighted by molar-refractivity contribution is 0.0514. The largest absolute Gasteiger partial charge is 0.450 e. The first kappa shape index (κ1) is 14.6. The van der Waals surface area contributed by atoms with Crippen LogP contribution >= 0.6 is 0 Å². The first-order valence-corrected chi connectivity index (χ1v) is 7.49. The van der Waals surface area contributed by atoms with Crippen molar-refractivity contribution in [3.05, 3.63) is 0 Å². The van der Waals surface area contributed by atoms with Crippen molar-refractivity contribution < 1.29 is 14.3 Å². The van der Waals surface area contributed by atoms with Gasteiger partial charge < -0.3 is 19.7 Å². The molecule has 0 aromatic carbocycles. The van der Waals surface area contributed by atoms with Crippen molar-refractivity contribution in [3.8, 4) is 0 Å². The van der Waals surface area contributed by atoms with Gasteiger partial charge in [-0.1, -0.05) is 0 Å². The number of piperidine rings is 1. The Morgan fingerprint density at radius 2 is 2.05 bits per heavy atom. The summed E-state index contributed by atoms with van der Waals surface area (Å²) in [7, 11) is 0. The zero-order chi connectivity index (χ0) is 13.7. The number of hydrogen-bond donors (Lipinski definition) is 1. The Hall–Kier alpha value is -0.810. The van der Waals surface area contributed by atoms with Crippen LogP contribution in [0, 0.1) is 0 Å². The van der Waals surface area contributed by atoms with Crippen molar-refractivity contribution in [2.24, 2.45) is 0 Å². The van der Waals surface area contributed by atoms with Crippen LogP contribution in [0.25, 0.3) is 0 Å². The van der Waals surface area contributed by atoms with E-state index in [9.17, 15) is 4.79 Å². The normalized spacial score (nSPS) is 28.6. The molecule has 1 N–H and O–H groups in total. The molecule has 2 unspecified atom stereocenters. The van der Waals surface area contributed by atoms with Gasteiger partial charge in [0.1, 0.15) is 0 Å². The molecule has 1 amide bonds. The Morgan fingerprint density at radius 1 is 1.32 bits per heavy atom. The van der Waals surface area contributed by atoms with Gasteiger partial charge in [-0.2, -0.15) is 0 Å². The minimum Gasteiger partial charge on any atom is -0.450 e. The summed E-state index contributed by atoms with van der Waals surface area (Å²) < 4.78 is 10.8. The van der Waals surface area contributed by atoms with Crippen LogP contribution in [-0.4, -0.2) is 55.5 Å². The van der Waals surface area contributed by atoms with Crippen LogP contribution in [0.3, 0.4) is 0 Å². The molecule has 110 valence electrons. The number of likely N-dealkylation sites (tertiary alicyclic amines) is 1. The monoisotopic (exact) mass is 270 g/mol. The number of nitrogens with zero attached hydrogens (tertiary/aromatic N) is 1. The van der Waals surface area contributed by atoms with E-state index in [0.29, 0.717) is 24.9 Å². The van der Waals surface area contributed by atoms with Gasteiger partial charge >= 0.3 is 6.09 Å². The van der Waals surface area contributed by atoms with Gasteiger partial charge in [-0.3, -0.25) is 0 Å². The Bertz CT molecular complexity index is 290. The molecule has 0 aromatic rings. The van der Waals surface area contributed by atoms with Gasteiger partial charge in [0, 0.05) is 25.7 Å². The molecule has 2 aliphatic heterocycles. The fourth-order valence-electron chi connectivity index (χ4n) is 2.81. The van der Waals surface area contributed by atoms with Crippen LogP contribution in [-0.2, 0) is 9.47 Å². The summed E-state index contributed by atoms with van der Waals surface area (Å²) in [6.07, 6.45) is 4.95. The topological polar surface area (TPSA) is 50.8 Å². The molecule has 0 aliphatic carbocycles. The number of rotatable bonds is 4. The number of ether oxygens (including phenoxy) is 2. The van der Waals surface area contributed by atoms with Crippen molar-refractivity contribution in [1.29, 1.82) is 0 Å². The molecule has 0 radical (unpaired) electrons. The predicted octanol–water partition coefficient (Wildman–Crippen LogP) is 1.76. The molecule has 19 heavy (non-hydrogen) atoms. The second kappa shape index (κ2) is 7.10. The van der Waals surface area contributed by atoms with Gasteiger partial charge in [0.05, 0.1) is 18.8 Å². The van der Waals surface area contributed by atoms with Gasteiger partial charge in [-0.25, -0.2) is 4.79 Å². The molecule has 2 saturated heterocycles. The maximum absolute atomic E-state index is 11.6. The number of hydrogen-bond acceptors (Lipinski definition) is 4. The Labute approximate surface area is 115 Å². The summed E-state index contributed by atoms with van der Waals surface area (Å²) in [4.78, 5) is 13.4. The summed E-state index contributed by atoms with van der Waals surface area (Å²) in [5.41, 5.74) is 0. The molecule has 2 rings (SSSR count). The standard InChI is InChI=1S/C14H26N2O3/c1-3-18-14(17)16-8-6-12(7-9-16)15-10-13-5-4-11(2)19-13/h11-13,15H,3-10H2,1-2H3. The van der Waals surface area contributed by atoms with Crippen molar-refractivity contribution in [2.45, 2.75) is 57.8 Å². The highest BCUT2D eigenvalue weighted by atomic mass is 16.6. The molecule has 2 atom stereocenters. The van der Waals surface area contributed by atoms with Crippen molar-refractivity contribution in [2.75, 3.05) is 26.2 Å². The van der Waals surface area contributed by atoms with E-state index in [1.807, 2.05) is 6.92 Å². The summed E-state index contributed by atoms with van der Waals surface area (Å²) in [6.45, 7) is 6.95. The lowest BCUT2D eigenvalue weighted by Crippen LogP contribution is -2.46. The summed E-state index contributed by atoms with van der Waals surface area (Å²) in [5, 5.41) is 3.57. The number of nitrogens with one attached hydrogen (secondary N) is 1. The molecule has 5 nitrogen and oxygen atoms in total. The third kappa shape index (κ3) is 4.35. The zero-order valence-electron chi connectivity index (χ0n) is 12.1. The molecule has 0 aromatic heterocycles. The lowest BCUT2D eigenvalue weighted by Gasteiger charge is -2.32. The van der Waals surface area contributed by atoms with Crippen LogP contribution in [0.5, 0.6) is 0 Å². The molecule has 0 spiro atoms. The molecule has 0 bridgehead atoms. The first-order valence-electron chi connectivity index (χ1n) is 7.49. The molecule has 2 fully saturated rings. The van der Waals surface area contributed by atoms with E-state index in [0.717, 1.165) is 38.9 Å². The smallest absolute Gasteiger partial charge is 0.409 e. The Balaban J connectivity index is 1.62. The second-order valence-corrected chi connectivity index (χ2v) is 5.51. The highest BCUT2D eigenvalue weighted by molar-refractivity contribution is 5.67. The minimum atomic E-state index is -0.172. The van der Waals surface area contributed by atoms with Gasteiger partial charge in [0.15, 0.2) is 0 Å². The summed E-state index contributed by atoms with van der Waals surface area (Å²) >= 11 is 0. The Morgan fingerprint density at radius 3 is 2.63 bits per heavy atom. The average molecular weight is 270 g/mol. The predicted molar refractivity (Wildman–Crippen MR) is 73.2 cm³/mol. The fraction of sp³-hybridized carbons (Fsp3) is 0.929. The van der Waals surface area contributed by atoms with Crippen LogP contribution in [0.15, 0.2) is 0 Å². The molecular weight excluding hydrogens is 244 g/mol.